The highest BCUT2D eigenvalue weighted by molar-refractivity contribution is 7.11. The molecule has 2 aromatic rings. The topological polar surface area (TPSA) is 41.1 Å². The van der Waals surface area contributed by atoms with E-state index < -0.39 is 11.2 Å². The molecule has 0 radical (unpaired) electrons. The number of nitrogens with zero attached hydrogens (tertiary/aromatic N) is 3. The van der Waals surface area contributed by atoms with Crippen LogP contribution in [0, 0.1) is 0 Å². The molecule has 0 bridgehead atoms. The average molecular weight is 365 g/mol. The highest BCUT2D eigenvalue weighted by Crippen LogP contribution is 2.33. The van der Waals surface area contributed by atoms with E-state index in [0.29, 0.717) is 22.8 Å². The van der Waals surface area contributed by atoms with Crippen LogP contribution in [0.15, 0.2) is 30.7 Å². The number of nitrogens with one attached hydrogen (secondary N) is 1. The fraction of sp³-hybridized carbons (Fsp3) is 0.429. The highest BCUT2D eigenvalue weighted by Gasteiger charge is 2.35. The quantitative estimate of drug-likeness (QED) is 0.908. The van der Waals surface area contributed by atoms with E-state index in [0.717, 1.165) is 25.2 Å². The van der Waals surface area contributed by atoms with Gasteiger partial charge >= 0.3 is 6.18 Å². The Morgan fingerprint density at radius 2 is 2.17 bits per heavy atom. The van der Waals surface area contributed by atoms with Crippen LogP contribution < -0.4 is 5.32 Å². The van der Waals surface area contributed by atoms with Crippen molar-refractivity contribution in [3.63, 3.8) is 0 Å². The summed E-state index contributed by atoms with van der Waals surface area (Å²) >= 11 is 0.717. The SMILES string of the molecule is Cl.FC(F)(F)c1ncc(CN2CCNCC2c2cccnc2)s1. The average Bonchev–Trinajstić information content (AvgIpc) is 2.97. The summed E-state index contributed by atoms with van der Waals surface area (Å²) in [5.74, 6) is 0. The lowest BCUT2D eigenvalue weighted by atomic mass is 10.1. The Labute approximate surface area is 142 Å². The zero-order chi connectivity index (χ0) is 15.6. The molecule has 3 rings (SSSR count). The molecule has 1 atom stereocenters. The molecule has 1 saturated heterocycles. The number of piperazine rings is 1. The molecule has 0 aliphatic carbocycles. The standard InChI is InChI=1S/C14H15F3N4S.ClH/c15-14(16,17)13-20-7-11(22-13)9-21-5-4-19-8-12(21)10-2-1-3-18-6-10;/h1-3,6-7,12,19H,4-5,8-9H2;1H. The van der Waals surface area contributed by atoms with Gasteiger partial charge in [0.2, 0.25) is 0 Å². The third-order valence-corrected chi connectivity index (χ3v) is 4.61. The second-order valence-corrected chi connectivity index (χ2v) is 6.22. The number of hydrogen-bond acceptors (Lipinski definition) is 5. The third-order valence-electron chi connectivity index (χ3n) is 3.58. The Bertz CT molecular complexity index is 620. The van der Waals surface area contributed by atoms with Gasteiger partial charge in [0.15, 0.2) is 5.01 Å². The van der Waals surface area contributed by atoms with E-state index in [1.807, 2.05) is 12.1 Å². The molecule has 23 heavy (non-hydrogen) atoms. The summed E-state index contributed by atoms with van der Waals surface area (Å²) in [5.41, 5.74) is 1.07. The minimum absolute atomic E-state index is 0. The first-order valence-corrected chi connectivity index (χ1v) is 7.72. The van der Waals surface area contributed by atoms with E-state index in [-0.39, 0.29) is 18.4 Å². The van der Waals surface area contributed by atoms with Gasteiger partial charge in [0.1, 0.15) is 0 Å². The van der Waals surface area contributed by atoms with Crippen molar-refractivity contribution in [2.45, 2.75) is 18.8 Å². The first kappa shape index (κ1) is 18.1. The summed E-state index contributed by atoms with van der Waals surface area (Å²) in [7, 11) is 0. The van der Waals surface area contributed by atoms with Gasteiger partial charge in [0, 0.05) is 55.7 Å². The molecule has 1 aliphatic heterocycles. The van der Waals surface area contributed by atoms with Gasteiger partial charge in [-0.1, -0.05) is 6.07 Å². The second kappa shape index (κ2) is 7.57. The molecule has 2 aromatic heterocycles. The molecule has 9 heteroatoms. The van der Waals surface area contributed by atoms with Crippen LogP contribution in [0.4, 0.5) is 13.2 Å². The van der Waals surface area contributed by atoms with Gasteiger partial charge in [0.05, 0.1) is 0 Å². The van der Waals surface area contributed by atoms with Gasteiger partial charge in [-0.2, -0.15) is 13.2 Å². The van der Waals surface area contributed by atoms with Crippen molar-refractivity contribution < 1.29 is 13.2 Å². The van der Waals surface area contributed by atoms with E-state index in [4.69, 9.17) is 0 Å². The summed E-state index contributed by atoms with van der Waals surface area (Å²) in [6.07, 6.45) is 0.478. The Kier molecular flexibility index (Phi) is 5.96. The summed E-state index contributed by atoms with van der Waals surface area (Å²) in [6.45, 7) is 2.83. The number of hydrogen-bond donors (Lipinski definition) is 1. The lowest BCUT2D eigenvalue weighted by Gasteiger charge is -2.35. The fourth-order valence-electron chi connectivity index (χ4n) is 2.55. The summed E-state index contributed by atoms with van der Waals surface area (Å²) in [4.78, 5) is 10.4. The lowest BCUT2D eigenvalue weighted by molar-refractivity contribution is -0.137. The minimum Gasteiger partial charge on any atom is -0.314 e. The minimum atomic E-state index is -4.37. The maximum absolute atomic E-state index is 12.6. The Hall–Kier alpha value is -1.22. The molecule has 0 spiro atoms. The van der Waals surface area contributed by atoms with Crippen molar-refractivity contribution in [3.8, 4) is 0 Å². The first-order chi connectivity index (χ1) is 10.5. The number of aromatic nitrogens is 2. The molecule has 1 fully saturated rings. The van der Waals surface area contributed by atoms with Crippen LogP contribution in [-0.4, -0.2) is 34.5 Å². The number of alkyl halides is 3. The van der Waals surface area contributed by atoms with Crippen molar-refractivity contribution >= 4 is 23.7 Å². The number of pyridine rings is 1. The first-order valence-electron chi connectivity index (χ1n) is 6.90. The predicted octanol–water partition coefficient (Wildman–Crippen LogP) is 3.13. The van der Waals surface area contributed by atoms with Gasteiger partial charge in [-0.15, -0.1) is 23.7 Å². The lowest BCUT2D eigenvalue weighted by Crippen LogP contribution is -2.45. The van der Waals surface area contributed by atoms with Crippen LogP contribution in [0.5, 0.6) is 0 Å². The van der Waals surface area contributed by atoms with Crippen LogP contribution >= 0.6 is 23.7 Å². The van der Waals surface area contributed by atoms with Crippen molar-refractivity contribution in [1.29, 1.82) is 0 Å². The van der Waals surface area contributed by atoms with Gasteiger partial charge in [-0.3, -0.25) is 9.88 Å². The Morgan fingerprint density at radius 3 is 2.83 bits per heavy atom. The Balaban J connectivity index is 0.00000192. The summed E-state index contributed by atoms with van der Waals surface area (Å²) in [6, 6.07) is 3.97. The monoisotopic (exact) mass is 364 g/mol. The van der Waals surface area contributed by atoms with Crippen LogP contribution in [0.1, 0.15) is 21.5 Å². The molecular formula is C14H16ClF3N4S. The molecule has 1 N–H and O–H groups in total. The van der Waals surface area contributed by atoms with Gasteiger partial charge in [-0.25, -0.2) is 4.98 Å². The van der Waals surface area contributed by atoms with Gasteiger partial charge < -0.3 is 5.32 Å². The molecule has 4 nitrogen and oxygen atoms in total. The van der Waals surface area contributed by atoms with Crippen molar-refractivity contribution in [2.75, 3.05) is 19.6 Å². The van der Waals surface area contributed by atoms with Crippen molar-refractivity contribution in [3.05, 3.63) is 46.2 Å². The zero-order valence-corrected chi connectivity index (χ0v) is 13.7. The van der Waals surface area contributed by atoms with E-state index >= 15 is 0 Å². The molecule has 0 aromatic carbocycles. The van der Waals surface area contributed by atoms with Crippen LogP contribution in [0.3, 0.4) is 0 Å². The Morgan fingerprint density at radius 1 is 1.35 bits per heavy atom. The van der Waals surface area contributed by atoms with E-state index in [9.17, 15) is 13.2 Å². The van der Waals surface area contributed by atoms with Crippen LogP contribution in [0.2, 0.25) is 0 Å². The normalized spacial score (nSPS) is 19.3. The molecule has 126 valence electrons. The number of halogens is 4. The molecule has 3 heterocycles. The van der Waals surface area contributed by atoms with Crippen molar-refractivity contribution in [1.82, 2.24) is 20.2 Å². The number of rotatable bonds is 3. The predicted molar refractivity (Wildman–Crippen MR) is 84.6 cm³/mol. The molecule has 0 saturated carbocycles. The smallest absolute Gasteiger partial charge is 0.314 e. The largest absolute Gasteiger partial charge is 0.443 e. The van der Waals surface area contributed by atoms with Crippen molar-refractivity contribution in [2.24, 2.45) is 0 Å². The molecular weight excluding hydrogens is 349 g/mol. The maximum Gasteiger partial charge on any atom is 0.443 e. The van der Waals surface area contributed by atoms with E-state index in [1.165, 1.54) is 6.20 Å². The van der Waals surface area contributed by atoms with Crippen LogP contribution in [-0.2, 0) is 12.7 Å². The second-order valence-electron chi connectivity index (χ2n) is 5.11. The van der Waals surface area contributed by atoms with E-state index in [1.54, 1.807) is 12.4 Å². The fourth-order valence-corrected chi connectivity index (χ4v) is 3.35. The third kappa shape index (κ3) is 4.41. The molecule has 1 unspecified atom stereocenters. The zero-order valence-electron chi connectivity index (χ0n) is 12.1. The molecule has 0 amide bonds. The maximum atomic E-state index is 12.6. The molecule has 1 aliphatic rings. The summed E-state index contributed by atoms with van der Waals surface area (Å²) < 4.78 is 37.9. The van der Waals surface area contributed by atoms with Gasteiger partial charge in [-0.05, 0) is 11.6 Å². The highest BCUT2D eigenvalue weighted by atomic mass is 35.5. The van der Waals surface area contributed by atoms with Crippen LogP contribution in [0.25, 0.3) is 0 Å². The number of thiazole rings is 1. The van der Waals surface area contributed by atoms with E-state index in [2.05, 4.69) is 20.2 Å². The summed E-state index contributed by atoms with van der Waals surface area (Å²) in [5, 5.41) is 2.53. The van der Waals surface area contributed by atoms with Gasteiger partial charge in [0.25, 0.3) is 0 Å².